The van der Waals surface area contributed by atoms with Crippen molar-refractivity contribution in [1.82, 2.24) is 0 Å². The average Bonchev–Trinajstić information content (AvgIpc) is 2.86. The zero-order valence-electron chi connectivity index (χ0n) is 21.3. The lowest BCUT2D eigenvalue weighted by atomic mass is 10.1. The van der Waals surface area contributed by atoms with Gasteiger partial charge in [-0.1, -0.05) is 83.7 Å². The molecule has 0 radical (unpaired) electrons. The first-order chi connectivity index (χ1) is 16.9. The molecule has 2 aromatic rings. The van der Waals surface area contributed by atoms with E-state index in [0.29, 0.717) is 36.2 Å². The van der Waals surface area contributed by atoms with Crippen LogP contribution in [0.3, 0.4) is 0 Å². The molecule has 0 amide bonds. The summed E-state index contributed by atoms with van der Waals surface area (Å²) in [5.41, 5.74) is 0.660. The van der Waals surface area contributed by atoms with Crippen LogP contribution in [0.25, 0.3) is 0 Å². The fourth-order valence-corrected chi connectivity index (χ4v) is 3.67. The summed E-state index contributed by atoms with van der Waals surface area (Å²) in [6.07, 6.45) is 10.9. The second kappa shape index (κ2) is 16.2. The maximum Gasteiger partial charge on any atom is 0.345 e. The molecule has 5 nitrogen and oxygen atoms in total. The second-order valence-corrected chi connectivity index (χ2v) is 9.40. The van der Waals surface area contributed by atoms with Crippen LogP contribution in [0.4, 0.5) is 0 Å². The molecule has 0 N–H and O–H groups in total. The molecule has 1 atom stereocenters. The van der Waals surface area contributed by atoms with E-state index in [1.54, 1.807) is 42.5 Å². The Bertz CT molecular complexity index is 910. The van der Waals surface area contributed by atoms with E-state index in [1.165, 1.54) is 38.5 Å². The number of benzene rings is 2. The van der Waals surface area contributed by atoms with Crippen LogP contribution in [0, 0.1) is 5.92 Å². The summed E-state index contributed by atoms with van der Waals surface area (Å²) in [5, 5.41) is 0.272. The number of esters is 2. The molecule has 0 aliphatic carbocycles. The minimum atomic E-state index is -0.572. The Balaban J connectivity index is 1.77. The van der Waals surface area contributed by atoms with E-state index in [1.807, 2.05) is 13.8 Å². The van der Waals surface area contributed by atoms with Gasteiger partial charge >= 0.3 is 11.9 Å². The van der Waals surface area contributed by atoms with E-state index >= 15 is 0 Å². The first-order valence-corrected chi connectivity index (χ1v) is 13.2. The Hall–Kier alpha value is -2.53. The van der Waals surface area contributed by atoms with Gasteiger partial charge in [-0.2, -0.15) is 0 Å². The number of unbranched alkanes of at least 4 members (excludes halogenated alkanes) is 7. The monoisotopic (exact) mass is 502 g/mol. The zero-order chi connectivity index (χ0) is 25.5. The first kappa shape index (κ1) is 28.7. The lowest BCUT2D eigenvalue weighted by molar-refractivity contribution is 0.0447. The SMILES string of the molecule is CCCCCCCCCCOc1ccc(C(=O)Oc2ccc(C(=O)OC[C@@H](C)CC)cc2)c(Cl)c1. The highest BCUT2D eigenvalue weighted by Gasteiger charge is 2.15. The summed E-state index contributed by atoms with van der Waals surface area (Å²) < 4.78 is 16.5. The molecule has 0 spiro atoms. The van der Waals surface area contributed by atoms with E-state index in [4.69, 9.17) is 25.8 Å². The lowest BCUT2D eigenvalue weighted by Crippen LogP contribution is -2.12. The van der Waals surface area contributed by atoms with Crippen LogP contribution < -0.4 is 9.47 Å². The van der Waals surface area contributed by atoms with E-state index < -0.39 is 11.9 Å². The van der Waals surface area contributed by atoms with Crippen molar-refractivity contribution in [2.45, 2.75) is 78.6 Å². The normalized spacial score (nSPS) is 11.7. The van der Waals surface area contributed by atoms with Gasteiger partial charge in [-0.3, -0.25) is 0 Å². The van der Waals surface area contributed by atoms with Crippen LogP contribution in [0.1, 0.15) is 99.3 Å². The van der Waals surface area contributed by atoms with E-state index in [0.717, 1.165) is 19.3 Å². The topological polar surface area (TPSA) is 61.8 Å². The van der Waals surface area contributed by atoms with Gasteiger partial charge in [0.25, 0.3) is 0 Å². The van der Waals surface area contributed by atoms with Gasteiger partial charge in [-0.25, -0.2) is 9.59 Å². The fourth-order valence-electron chi connectivity index (χ4n) is 3.42. The van der Waals surface area contributed by atoms with Gasteiger partial charge in [0.05, 0.1) is 29.4 Å². The van der Waals surface area contributed by atoms with Gasteiger partial charge in [0, 0.05) is 0 Å². The number of ether oxygens (including phenoxy) is 3. The Labute approximate surface area is 215 Å². The maximum absolute atomic E-state index is 12.6. The van der Waals surface area contributed by atoms with Crippen molar-refractivity contribution in [1.29, 1.82) is 0 Å². The maximum atomic E-state index is 12.6. The Kier molecular flexibility index (Phi) is 13.3. The van der Waals surface area contributed by atoms with E-state index in [2.05, 4.69) is 6.92 Å². The number of rotatable bonds is 16. The molecule has 0 heterocycles. The minimum absolute atomic E-state index is 0.253. The molecule has 192 valence electrons. The number of hydrogen-bond donors (Lipinski definition) is 0. The van der Waals surface area contributed by atoms with Crippen LogP contribution in [0.15, 0.2) is 42.5 Å². The van der Waals surface area contributed by atoms with Crippen molar-refractivity contribution in [3.8, 4) is 11.5 Å². The van der Waals surface area contributed by atoms with Gasteiger partial charge in [0.1, 0.15) is 11.5 Å². The molecule has 6 heteroatoms. The highest BCUT2D eigenvalue weighted by molar-refractivity contribution is 6.33. The van der Waals surface area contributed by atoms with Gasteiger partial charge in [-0.15, -0.1) is 0 Å². The molecule has 0 saturated carbocycles. The molecule has 0 bridgehead atoms. The van der Waals surface area contributed by atoms with Gasteiger partial charge in [-0.05, 0) is 54.8 Å². The summed E-state index contributed by atoms with van der Waals surface area (Å²) in [6, 6.07) is 11.2. The van der Waals surface area contributed by atoms with Crippen molar-refractivity contribution < 1.29 is 23.8 Å². The molecular weight excluding hydrogens is 464 g/mol. The van der Waals surface area contributed by atoms with Gasteiger partial charge < -0.3 is 14.2 Å². The Morgan fingerprint density at radius 3 is 2.09 bits per heavy atom. The van der Waals surface area contributed by atoms with E-state index in [-0.39, 0.29) is 10.6 Å². The summed E-state index contributed by atoms with van der Waals surface area (Å²) in [5.74, 6) is 0.297. The zero-order valence-corrected chi connectivity index (χ0v) is 22.1. The molecule has 0 saturated heterocycles. The molecule has 35 heavy (non-hydrogen) atoms. The number of carbonyl (C=O) groups excluding carboxylic acids is 2. The van der Waals surface area contributed by atoms with Crippen molar-refractivity contribution in [3.05, 3.63) is 58.6 Å². The summed E-state index contributed by atoms with van der Waals surface area (Å²) in [7, 11) is 0. The molecule has 0 unspecified atom stereocenters. The van der Waals surface area contributed by atoms with E-state index in [9.17, 15) is 9.59 Å². The summed E-state index contributed by atoms with van der Waals surface area (Å²) >= 11 is 6.31. The lowest BCUT2D eigenvalue weighted by Gasteiger charge is -2.11. The number of halogens is 1. The standard InChI is InChI=1S/C29H39ClO5/c1-4-6-7-8-9-10-11-12-19-33-25-17-18-26(27(30)20-25)29(32)35-24-15-13-23(14-16-24)28(31)34-21-22(3)5-2/h13-18,20,22H,4-12,19,21H2,1-3H3/t22-/m0/s1. The van der Waals surface area contributed by atoms with Crippen molar-refractivity contribution in [2.24, 2.45) is 5.92 Å². The van der Waals surface area contributed by atoms with Gasteiger partial charge in [0.2, 0.25) is 0 Å². The molecule has 0 aliphatic heterocycles. The van der Waals surface area contributed by atoms with Crippen LogP contribution in [0.2, 0.25) is 5.02 Å². The largest absolute Gasteiger partial charge is 0.494 e. The molecule has 2 aromatic carbocycles. The van der Waals surface area contributed by atoms with Crippen LogP contribution in [-0.2, 0) is 4.74 Å². The van der Waals surface area contributed by atoms with Gasteiger partial charge in [0.15, 0.2) is 0 Å². The van der Waals surface area contributed by atoms with Crippen molar-refractivity contribution in [2.75, 3.05) is 13.2 Å². The predicted octanol–water partition coefficient (Wildman–Crippen LogP) is 8.28. The smallest absolute Gasteiger partial charge is 0.345 e. The molecule has 2 rings (SSSR count). The third kappa shape index (κ3) is 10.7. The minimum Gasteiger partial charge on any atom is -0.494 e. The molecular formula is C29H39ClO5. The van der Waals surface area contributed by atoms with Crippen LogP contribution in [0.5, 0.6) is 11.5 Å². The van der Waals surface area contributed by atoms with Crippen molar-refractivity contribution in [3.63, 3.8) is 0 Å². The Morgan fingerprint density at radius 1 is 0.829 bits per heavy atom. The number of carbonyl (C=O) groups is 2. The second-order valence-electron chi connectivity index (χ2n) is 8.99. The quantitative estimate of drug-likeness (QED) is 0.131. The van der Waals surface area contributed by atoms with Crippen molar-refractivity contribution >= 4 is 23.5 Å². The summed E-state index contributed by atoms with van der Waals surface area (Å²) in [6.45, 7) is 7.31. The predicted molar refractivity (Wildman–Crippen MR) is 141 cm³/mol. The Morgan fingerprint density at radius 2 is 1.46 bits per heavy atom. The third-order valence-corrected chi connectivity index (χ3v) is 6.24. The van der Waals surface area contributed by atoms with Crippen LogP contribution >= 0.6 is 11.6 Å². The molecule has 0 aliphatic rings. The number of hydrogen-bond acceptors (Lipinski definition) is 5. The third-order valence-electron chi connectivity index (χ3n) is 5.92. The average molecular weight is 503 g/mol. The fraction of sp³-hybridized carbons (Fsp3) is 0.517. The van der Waals surface area contributed by atoms with Crippen LogP contribution in [-0.4, -0.2) is 25.2 Å². The first-order valence-electron chi connectivity index (χ1n) is 12.9. The highest BCUT2D eigenvalue weighted by atomic mass is 35.5. The highest BCUT2D eigenvalue weighted by Crippen LogP contribution is 2.25. The molecule has 0 aromatic heterocycles. The molecule has 0 fully saturated rings. The summed E-state index contributed by atoms with van der Waals surface area (Å²) in [4.78, 5) is 24.7.